The van der Waals surface area contributed by atoms with Crippen molar-refractivity contribution in [3.05, 3.63) is 0 Å². The summed E-state index contributed by atoms with van der Waals surface area (Å²) in [5, 5.41) is 14.4. The van der Waals surface area contributed by atoms with Crippen LogP contribution < -0.4 is 10.6 Å². The molecule has 0 heterocycles. The first kappa shape index (κ1) is 14.9. The number of carbonyl (C=O) groups is 2. The normalized spacial score (nSPS) is 13.2. The second-order valence-corrected chi connectivity index (χ2v) is 4.80. The predicted octanol–water partition coefficient (Wildman–Crippen LogP) is 0.744. The molecule has 16 heavy (non-hydrogen) atoms. The van der Waals surface area contributed by atoms with Crippen molar-refractivity contribution < 1.29 is 14.7 Å². The summed E-state index contributed by atoms with van der Waals surface area (Å²) in [5.74, 6) is -0.945. The summed E-state index contributed by atoms with van der Waals surface area (Å²) in [5.41, 5.74) is -0.242. The number of amides is 1. The molecule has 0 aliphatic rings. The Labute approximate surface area is 96.6 Å². The van der Waals surface area contributed by atoms with Crippen LogP contribution in [0.1, 0.15) is 40.5 Å². The van der Waals surface area contributed by atoms with E-state index in [0.717, 1.165) is 0 Å². The SMILES string of the molecule is CCC(NCCC(=O)NC(C)(C)C)C(=O)O. The van der Waals surface area contributed by atoms with Crippen LogP contribution in [0, 0.1) is 0 Å². The molecule has 0 bridgehead atoms. The number of hydrogen-bond donors (Lipinski definition) is 3. The fourth-order valence-electron chi connectivity index (χ4n) is 1.25. The van der Waals surface area contributed by atoms with Gasteiger partial charge in [0.05, 0.1) is 0 Å². The molecule has 0 saturated heterocycles. The van der Waals surface area contributed by atoms with Crippen LogP contribution in [-0.2, 0) is 9.59 Å². The molecule has 3 N–H and O–H groups in total. The van der Waals surface area contributed by atoms with Crippen LogP contribution in [0.2, 0.25) is 0 Å². The van der Waals surface area contributed by atoms with E-state index in [1.165, 1.54) is 0 Å². The highest BCUT2D eigenvalue weighted by Crippen LogP contribution is 1.99. The zero-order valence-corrected chi connectivity index (χ0v) is 10.5. The Morgan fingerprint density at radius 1 is 1.31 bits per heavy atom. The molecule has 94 valence electrons. The van der Waals surface area contributed by atoms with E-state index in [1.54, 1.807) is 6.92 Å². The van der Waals surface area contributed by atoms with Gasteiger partial charge in [-0.1, -0.05) is 6.92 Å². The van der Waals surface area contributed by atoms with Gasteiger partial charge in [-0.2, -0.15) is 0 Å². The van der Waals surface area contributed by atoms with Crippen molar-refractivity contribution in [3.8, 4) is 0 Å². The van der Waals surface area contributed by atoms with Crippen molar-refractivity contribution in [2.75, 3.05) is 6.54 Å². The molecule has 0 aromatic carbocycles. The van der Waals surface area contributed by atoms with Crippen molar-refractivity contribution in [2.45, 2.75) is 52.1 Å². The highest BCUT2D eigenvalue weighted by atomic mass is 16.4. The summed E-state index contributed by atoms with van der Waals surface area (Å²) in [6.07, 6.45) is 0.803. The van der Waals surface area contributed by atoms with E-state index in [1.807, 2.05) is 20.8 Å². The minimum Gasteiger partial charge on any atom is -0.480 e. The van der Waals surface area contributed by atoms with Gasteiger partial charge in [0.2, 0.25) is 5.91 Å². The number of rotatable bonds is 6. The van der Waals surface area contributed by atoms with Gasteiger partial charge in [-0.25, -0.2) is 0 Å². The Hall–Kier alpha value is -1.10. The summed E-state index contributed by atoms with van der Waals surface area (Å²) < 4.78 is 0. The average Bonchev–Trinajstić information content (AvgIpc) is 2.08. The largest absolute Gasteiger partial charge is 0.480 e. The molecule has 0 aromatic heterocycles. The fourth-order valence-corrected chi connectivity index (χ4v) is 1.25. The maximum atomic E-state index is 11.4. The molecule has 0 aliphatic carbocycles. The smallest absolute Gasteiger partial charge is 0.320 e. The molecule has 0 aliphatic heterocycles. The Morgan fingerprint density at radius 2 is 1.88 bits per heavy atom. The number of carbonyl (C=O) groups excluding carboxylic acids is 1. The molecule has 1 unspecified atom stereocenters. The minimum atomic E-state index is -0.876. The monoisotopic (exact) mass is 230 g/mol. The van der Waals surface area contributed by atoms with Crippen LogP contribution in [0.5, 0.6) is 0 Å². The minimum absolute atomic E-state index is 0.0692. The third-order valence-corrected chi connectivity index (χ3v) is 1.96. The fraction of sp³-hybridized carbons (Fsp3) is 0.818. The number of carboxylic acid groups (broad SMARTS) is 1. The second kappa shape index (κ2) is 6.48. The zero-order chi connectivity index (χ0) is 12.8. The van der Waals surface area contributed by atoms with E-state index in [-0.39, 0.29) is 11.4 Å². The highest BCUT2D eigenvalue weighted by molar-refractivity contribution is 5.77. The number of aliphatic carboxylic acids is 1. The van der Waals surface area contributed by atoms with Crippen LogP contribution >= 0.6 is 0 Å². The van der Waals surface area contributed by atoms with E-state index in [2.05, 4.69) is 10.6 Å². The molecular formula is C11H22N2O3. The van der Waals surface area contributed by atoms with Crippen molar-refractivity contribution in [1.29, 1.82) is 0 Å². The van der Waals surface area contributed by atoms with E-state index in [9.17, 15) is 9.59 Å². The summed E-state index contributed by atoms with van der Waals surface area (Å²) in [6, 6.07) is -0.567. The summed E-state index contributed by atoms with van der Waals surface area (Å²) in [7, 11) is 0. The first-order valence-corrected chi connectivity index (χ1v) is 5.53. The summed E-state index contributed by atoms with van der Waals surface area (Å²) in [6.45, 7) is 7.90. The first-order valence-electron chi connectivity index (χ1n) is 5.53. The van der Waals surface area contributed by atoms with E-state index in [0.29, 0.717) is 19.4 Å². The molecule has 0 rings (SSSR count). The van der Waals surface area contributed by atoms with Crippen LogP contribution in [0.15, 0.2) is 0 Å². The van der Waals surface area contributed by atoms with Crippen LogP contribution in [0.3, 0.4) is 0 Å². The molecule has 1 atom stereocenters. The van der Waals surface area contributed by atoms with Crippen molar-refractivity contribution in [1.82, 2.24) is 10.6 Å². The van der Waals surface area contributed by atoms with Gasteiger partial charge in [-0.3, -0.25) is 9.59 Å². The molecule has 0 fully saturated rings. The molecule has 1 amide bonds. The standard InChI is InChI=1S/C11H22N2O3/c1-5-8(10(15)16)12-7-6-9(14)13-11(2,3)4/h8,12H,5-7H2,1-4H3,(H,13,14)(H,15,16). The van der Waals surface area contributed by atoms with Gasteiger partial charge in [0.15, 0.2) is 0 Å². The third kappa shape index (κ3) is 7.23. The third-order valence-electron chi connectivity index (χ3n) is 1.96. The molecule has 0 aromatic rings. The lowest BCUT2D eigenvalue weighted by Gasteiger charge is -2.20. The first-order chi connectivity index (χ1) is 7.26. The van der Waals surface area contributed by atoms with E-state index >= 15 is 0 Å². The van der Waals surface area contributed by atoms with Crippen molar-refractivity contribution in [2.24, 2.45) is 0 Å². The average molecular weight is 230 g/mol. The topological polar surface area (TPSA) is 78.4 Å². The number of carboxylic acids is 1. The van der Waals surface area contributed by atoms with Crippen molar-refractivity contribution >= 4 is 11.9 Å². The van der Waals surface area contributed by atoms with Crippen LogP contribution in [0.25, 0.3) is 0 Å². The van der Waals surface area contributed by atoms with Gasteiger partial charge in [0, 0.05) is 18.5 Å². The van der Waals surface area contributed by atoms with Gasteiger partial charge < -0.3 is 15.7 Å². The van der Waals surface area contributed by atoms with Gasteiger partial charge >= 0.3 is 5.97 Å². The summed E-state index contributed by atoms with van der Waals surface area (Å²) in [4.78, 5) is 22.1. The molecule has 5 heteroatoms. The predicted molar refractivity (Wildman–Crippen MR) is 62.2 cm³/mol. The maximum absolute atomic E-state index is 11.4. The van der Waals surface area contributed by atoms with Gasteiger partial charge in [-0.05, 0) is 27.2 Å². The Bertz CT molecular complexity index is 246. The molecule has 0 saturated carbocycles. The van der Waals surface area contributed by atoms with Crippen LogP contribution in [-0.4, -0.2) is 35.1 Å². The molecule has 0 spiro atoms. The highest BCUT2D eigenvalue weighted by Gasteiger charge is 2.16. The summed E-state index contributed by atoms with van der Waals surface area (Å²) >= 11 is 0. The quantitative estimate of drug-likeness (QED) is 0.629. The lowest BCUT2D eigenvalue weighted by Crippen LogP contribution is -2.43. The lowest BCUT2D eigenvalue weighted by molar-refractivity contribution is -0.139. The Kier molecular flexibility index (Phi) is 6.03. The second-order valence-electron chi connectivity index (χ2n) is 4.80. The zero-order valence-electron chi connectivity index (χ0n) is 10.5. The van der Waals surface area contributed by atoms with Crippen molar-refractivity contribution in [3.63, 3.8) is 0 Å². The Balaban J connectivity index is 3.81. The van der Waals surface area contributed by atoms with E-state index < -0.39 is 12.0 Å². The maximum Gasteiger partial charge on any atom is 0.320 e. The molecule has 5 nitrogen and oxygen atoms in total. The van der Waals surface area contributed by atoms with Gasteiger partial charge in [0.1, 0.15) is 6.04 Å². The number of nitrogens with one attached hydrogen (secondary N) is 2. The van der Waals surface area contributed by atoms with E-state index in [4.69, 9.17) is 5.11 Å². The van der Waals surface area contributed by atoms with Gasteiger partial charge in [0.25, 0.3) is 0 Å². The molecular weight excluding hydrogens is 208 g/mol. The number of hydrogen-bond acceptors (Lipinski definition) is 3. The van der Waals surface area contributed by atoms with Crippen LogP contribution in [0.4, 0.5) is 0 Å². The Morgan fingerprint density at radius 3 is 2.25 bits per heavy atom. The molecule has 0 radical (unpaired) electrons. The van der Waals surface area contributed by atoms with Gasteiger partial charge in [-0.15, -0.1) is 0 Å². The lowest BCUT2D eigenvalue weighted by atomic mass is 10.1.